The second-order valence-electron chi connectivity index (χ2n) is 5.23. The molecule has 0 spiro atoms. The lowest BCUT2D eigenvalue weighted by molar-refractivity contribution is -0.130. The third kappa shape index (κ3) is 6.15. The summed E-state index contributed by atoms with van der Waals surface area (Å²) in [4.78, 5) is 35.6. The van der Waals surface area contributed by atoms with Gasteiger partial charge in [0.1, 0.15) is 17.4 Å². The predicted molar refractivity (Wildman–Crippen MR) is 93.6 cm³/mol. The highest BCUT2D eigenvalue weighted by atomic mass is 35.5. The maximum absolute atomic E-state index is 12.1. The van der Waals surface area contributed by atoms with E-state index >= 15 is 0 Å². The van der Waals surface area contributed by atoms with Crippen LogP contribution in [-0.4, -0.2) is 44.1 Å². The van der Waals surface area contributed by atoms with E-state index in [1.807, 2.05) is 6.92 Å². The molecule has 1 atom stereocenters. The van der Waals surface area contributed by atoms with Crippen LogP contribution in [0, 0.1) is 0 Å². The third-order valence-corrected chi connectivity index (χ3v) is 3.52. The van der Waals surface area contributed by atoms with E-state index in [0.29, 0.717) is 6.54 Å². The Morgan fingerprint density at radius 3 is 2.60 bits per heavy atom. The molecule has 0 bridgehead atoms. The molecule has 2 amide bonds. The summed E-state index contributed by atoms with van der Waals surface area (Å²) in [6, 6.07) is 1.95. The molecule has 0 radical (unpaired) electrons. The number of nitrogen functional groups attached to an aromatic ring is 1. The molecular formula is C16H22ClN3O5. The molecule has 0 saturated heterocycles. The maximum atomic E-state index is 12.1. The smallest absolute Gasteiger partial charge is 0.342 e. The monoisotopic (exact) mass is 371 g/mol. The van der Waals surface area contributed by atoms with Crippen LogP contribution in [0.25, 0.3) is 0 Å². The topological polar surface area (TPSA) is 120 Å². The van der Waals surface area contributed by atoms with Gasteiger partial charge < -0.3 is 25.8 Å². The first kappa shape index (κ1) is 20.6. The Bertz CT molecular complexity index is 651. The number of benzene rings is 1. The number of hydrogen-bond acceptors (Lipinski definition) is 6. The molecule has 4 N–H and O–H groups in total. The van der Waals surface area contributed by atoms with Gasteiger partial charge in [-0.1, -0.05) is 18.5 Å². The van der Waals surface area contributed by atoms with Crippen molar-refractivity contribution >= 4 is 35.1 Å². The average molecular weight is 372 g/mol. The molecule has 1 aromatic carbocycles. The number of esters is 1. The molecular weight excluding hydrogens is 350 g/mol. The van der Waals surface area contributed by atoms with Gasteiger partial charge in [0.05, 0.1) is 17.8 Å². The van der Waals surface area contributed by atoms with E-state index < -0.39 is 24.5 Å². The minimum absolute atomic E-state index is 0.0447. The summed E-state index contributed by atoms with van der Waals surface area (Å²) in [5.41, 5.74) is 5.93. The molecule has 1 aromatic rings. The number of nitrogens with one attached hydrogen (secondary N) is 2. The minimum atomic E-state index is -0.794. The molecule has 0 aliphatic heterocycles. The van der Waals surface area contributed by atoms with Gasteiger partial charge in [0, 0.05) is 12.6 Å². The molecule has 138 valence electrons. The number of rotatable bonds is 8. The molecule has 8 nitrogen and oxygen atoms in total. The standard InChI is InChI=1S/C16H22ClN3O5/c1-4-5-19-15(22)9(2)20-14(21)8-25-16(23)10-6-11(17)12(18)7-13(10)24-3/h6-7,9H,4-5,8,18H2,1-3H3,(H,19,22)(H,20,21)/t9-/m0/s1. The predicted octanol–water partition coefficient (Wildman–Crippen LogP) is 1.12. The molecule has 9 heteroatoms. The zero-order chi connectivity index (χ0) is 19.0. The van der Waals surface area contributed by atoms with Crippen LogP contribution < -0.4 is 21.1 Å². The summed E-state index contributed by atoms with van der Waals surface area (Å²) in [7, 11) is 1.36. The highest BCUT2D eigenvalue weighted by molar-refractivity contribution is 6.33. The van der Waals surface area contributed by atoms with Crippen molar-refractivity contribution in [3.05, 3.63) is 22.7 Å². The number of carbonyl (C=O) groups is 3. The van der Waals surface area contributed by atoms with E-state index in [-0.39, 0.29) is 27.9 Å². The molecule has 0 saturated carbocycles. The number of ether oxygens (including phenoxy) is 2. The lowest BCUT2D eigenvalue weighted by Gasteiger charge is -2.14. The zero-order valence-corrected chi connectivity index (χ0v) is 15.1. The number of nitrogens with two attached hydrogens (primary N) is 1. The molecule has 0 aliphatic rings. The Balaban J connectivity index is 2.60. The summed E-state index contributed by atoms with van der Waals surface area (Å²) in [5.74, 6) is -1.53. The van der Waals surface area contributed by atoms with E-state index in [9.17, 15) is 14.4 Å². The number of carbonyl (C=O) groups excluding carboxylic acids is 3. The molecule has 1 rings (SSSR count). The summed E-state index contributed by atoms with van der Waals surface area (Å²) >= 11 is 5.88. The second-order valence-corrected chi connectivity index (χ2v) is 5.64. The Kier molecular flexibility index (Phi) is 8.00. The van der Waals surface area contributed by atoms with Crippen molar-refractivity contribution in [2.24, 2.45) is 0 Å². The first-order valence-electron chi connectivity index (χ1n) is 7.67. The van der Waals surface area contributed by atoms with Gasteiger partial charge in [0.15, 0.2) is 6.61 Å². The van der Waals surface area contributed by atoms with Crippen LogP contribution in [0.15, 0.2) is 12.1 Å². The van der Waals surface area contributed by atoms with Crippen LogP contribution in [0.4, 0.5) is 5.69 Å². The van der Waals surface area contributed by atoms with Crippen LogP contribution in [0.3, 0.4) is 0 Å². The highest BCUT2D eigenvalue weighted by Crippen LogP contribution is 2.29. The fraction of sp³-hybridized carbons (Fsp3) is 0.438. The maximum Gasteiger partial charge on any atom is 0.342 e. The van der Waals surface area contributed by atoms with Gasteiger partial charge in [0.25, 0.3) is 5.91 Å². The summed E-state index contributed by atoms with van der Waals surface area (Å²) in [6.07, 6.45) is 0.788. The van der Waals surface area contributed by atoms with E-state index in [4.69, 9.17) is 26.8 Å². The fourth-order valence-electron chi connectivity index (χ4n) is 1.86. The van der Waals surface area contributed by atoms with E-state index in [2.05, 4.69) is 10.6 Å². The van der Waals surface area contributed by atoms with Crippen LogP contribution >= 0.6 is 11.6 Å². The highest BCUT2D eigenvalue weighted by Gasteiger charge is 2.19. The Morgan fingerprint density at radius 1 is 1.32 bits per heavy atom. The van der Waals surface area contributed by atoms with Gasteiger partial charge in [0.2, 0.25) is 5.91 Å². The third-order valence-electron chi connectivity index (χ3n) is 3.19. The average Bonchev–Trinajstić information content (AvgIpc) is 2.59. The normalized spacial score (nSPS) is 11.4. The lowest BCUT2D eigenvalue weighted by Crippen LogP contribution is -2.46. The van der Waals surface area contributed by atoms with Crippen LogP contribution in [0.5, 0.6) is 5.75 Å². The number of halogens is 1. The van der Waals surface area contributed by atoms with Crippen molar-refractivity contribution in [3.63, 3.8) is 0 Å². The van der Waals surface area contributed by atoms with E-state index in [1.54, 1.807) is 0 Å². The number of hydrogen-bond donors (Lipinski definition) is 3. The van der Waals surface area contributed by atoms with E-state index in [1.165, 1.54) is 26.2 Å². The molecule has 25 heavy (non-hydrogen) atoms. The van der Waals surface area contributed by atoms with Gasteiger partial charge in [-0.3, -0.25) is 9.59 Å². The SMILES string of the molecule is CCCNC(=O)[C@H](C)NC(=O)COC(=O)c1cc(Cl)c(N)cc1OC. The summed E-state index contributed by atoms with van der Waals surface area (Å²) in [6.45, 7) is 3.43. The van der Waals surface area contributed by atoms with Crippen LogP contribution in [0.1, 0.15) is 30.6 Å². The first-order valence-corrected chi connectivity index (χ1v) is 8.05. The van der Waals surface area contributed by atoms with Crippen LogP contribution in [-0.2, 0) is 14.3 Å². The van der Waals surface area contributed by atoms with Crippen molar-refractivity contribution in [1.82, 2.24) is 10.6 Å². The van der Waals surface area contributed by atoms with Gasteiger partial charge in [-0.2, -0.15) is 0 Å². The fourth-order valence-corrected chi connectivity index (χ4v) is 2.02. The molecule has 0 heterocycles. The largest absolute Gasteiger partial charge is 0.496 e. The molecule has 0 aliphatic carbocycles. The molecule has 0 aromatic heterocycles. The van der Waals surface area contributed by atoms with Gasteiger partial charge in [-0.15, -0.1) is 0 Å². The first-order chi connectivity index (χ1) is 11.8. The quantitative estimate of drug-likeness (QED) is 0.465. The second kappa shape index (κ2) is 9.73. The van der Waals surface area contributed by atoms with Crippen molar-refractivity contribution in [2.75, 3.05) is 26.0 Å². The summed E-state index contributed by atoms with van der Waals surface area (Å²) in [5, 5.41) is 5.25. The van der Waals surface area contributed by atoms with Crippen molar-refractivity contribution < 1.29 is 23.9 Å². The lowest BCUT2D eigenvalue weighted by atomic mass is 10.2. The van der Waals surface area contributed by atoms with Crippen LogP contribution in [0.2, 0.25) is 5.02 Å². The number of methoxy groups -OCH3 is 1. The van der Waals surface area contributed by atoms with Gasteiger partial charge >= 0.3 is 5.97 Å². The Labute approximate surface area is 151 Å². The summed E-state index contributed by atoms with van der Waals surface area (Å²) < 4.78 is 9.98. The minimum Gasteiger partial charge on any atom is -0.496 e. The van der Waals surface area contributed by atoms with E-state index in [0.717, 1.165) is 6.42 Å². The van der Waals surface area contributed by atoms with Gasteiger partial charge in [-0.05, 0) is 19.4 Å². The zero-order valence-electron chi connectivity index (χ0n) is 14.3. The Hall–Kier alpha value is -2.48. The number of amides is 2. The molecule has 0 fully saturated rings. The molecule has 0 unspecified atom stereocenters. The van der Waals surface area contributed by atoms with Gasteiger partial charge in [-0.25, -0.2) is 4.79 Å². The van der Waals surface area contributed by atoms with Crippen molar-refractivity contribution in [2.45, 2.75) is 26.3 Å². The number of anilines is 1. The van der Waals surface area contributed by atoms with Crippen molar-refractivity contribution in [1.29, 1.82) is 0 Å². The Morgan fingerprint density at radius 2 is 2.00 bits per heavy atom. The van der Waals surface area contributed by atoms with Crippen molar-refractivity contribution in [3.8, 4) is 5.75 Å².